The molecule has 0 amide bonds. The van der Waals surface area contributed by atoms with E-state index in [4.69, 9.17) is 15.9 Å². The summed E-state index contributed by atoms with van der Waals surface area (Å²) in [4.78, 5) is 0. The van der Waals surface area contributed by atoms with E-state index < -0.39 is 0 Å². The molecule has 1 aromatic carbocycles. The molecule has 0 aliphatic carbocycles. The van der Waals surface area contributed by atoms with E-state index >= 15 is 0 Å². The third-order valence-electron chi connectivity index (χ3n) is 2.33. The van der Waals surface area contributed by atoms with Crippen LogP contribution in [0.15, 0.2) is 18.2 Å². The number of terminal acetylenes is 1. The third kappa shape index (κ3) is 2.05. The van der Waals surface area contributed by atoms with E-state index in [2.05, 4.69) is 11.2 Å². The van der Waals surface area contributed by atoms with Gasteiger partial charge in [0.15, 0.2) is 11.5 Å². The third-order valence-corrected chi connectivity index (χ3v) is 2.33. The molecule has 78 valence electrons. The summed E-state index contributed by atoms with van der Waals surface area (Å²) in [5.41, 5.74) is 1.08. The minimum Gasteiger partial charge on any atom is -0.454 e. The Morgan fingerprint density at radius 2 is 2.40 bits per heavy atom. The molecule has 0 fully saturated rings. The summed E-state index contributed by atoms with van der Waals surface area (Å²) in [6.07, 6.45) is 5.28. The molecule has 1 aliphatic heterocycles. The van der Waals surface area contributed by atoms with Crippen LogP contribution in [-0.2, 0) is 6.54 Å². The first-order chi connectivity index (χ1) is 7.31. The molecule has 0 aromatic heterocycles. The van der Waals surface area contributed by atoms with Gasteiger partial charge in [-0.3, -0.25) is 5.32 Å². The van der Waals surface area contributed by atoms with Crippen LogP contribution in [0.25, 0.3) is 0 Å². The van der Waals surface area contributed by atoms with Gasteiger partial charge in [0, 0.05) is 12.1 Å². The van der Waals surface area contributed by atoms with Gasteiger partial charge in [0.25, 0.3) is 0 Å². The van der Waals surface area contributed by atoms with Crippen molar-refractivity contribution in [3.8, 4) is 23.8 Å². The molecular formula is C12H13NO2. The summed E-state index contributed by atoms with van der Waals surface area (Å²) in [5.74, 6) is 4.26. The Hall–Kier alpha value is -1.66. The predicted octanol–water partition coefficient (Wildman–Crippen LogP) is 1.53. The number of nitrogens with one attached hydrogen (secondary N) is 1. The van der Waals surface area contributed by atoms with Crippen LogP contribution in [0.4, 0.5) is 0 Å². The van der Waals surface area contributed by atoms with Crippen molar-refractivity contribution in [1.29, 1.82) is 0 Å². The van der Waals surface area contributed by atoms with Crippen LogP contribution in [0.5, 0.6) is 11.5 Å². The van der Waals surface area contributed by atoms with E-state index in [9.17, 15) is 0 Å². The summed E-state index contributed by atoms with van der Waals surface area (Å²) in [5, 5.41) is 3.21. The summed E-state index contributed by atoms with van der Waals surface area (Å²) in [7, 11) is 0. The van der Waals surface area contributed by atoms with E-state index in [-0.39, 0.29) is 6.04 Å². The van der Waals surface area contributed by atoms with Crippen LogP contribution in [-0.4, -0.2) is 12.8 Å². The quantitative estimate of drug-likeness (QED) is 0.756. The summed E-state index contributed by atoms with van der Waals surface area (Å²) in [6, 6.07) is 5.91. The molecule has 1 aromatic rings. The number of hydrogen-bond acceptors (Lipinski definition) is 3. The first kappa shape index (κ1) is 9.88. The van der Waals surface area contributed by atoms with Gasteiger partial charge in [-0.25, -0.2) is 0 Å². The maximum Gasteiger partial charge on any atom is 0.231 e. The van der Waals surface area contributed by atoms with Crippen molar-refractivity contribution in [2.45, 2.75) is 19.5 Å². The standard InChI is InChI=1S/C12H13NO2/c1-3-9(2)13-7-10-5-4-6-11-12(10)15-8-14-11/h1,4-6,9,13H,7-8H2,2H3. The minimum absolute atomic E-state index is 0.0585. The average Bonchev–Trinajstić information content (AvgIpc) is 2.74. The lowest BCUT2D eigenvalue weighted by atomic mass is 10.2. The molecule has 0 saturated carbocycles. The molecule has 0 radical (unpaired) electrons. The number of benzene rings is 1. The molecule has 0 bridgehead atoms. The Kier molecular flexibility index (Phi) is 2.79. The topological polar surface area (TPSA) is 30.5 Å². The molecule has 15 heavy (non-hydrogen) atoms. The molecule has 1 N–H and O–H groups in total. The maximum absolute atomic E-state index is 5.38. The van der Waals surface area contributed by atoms with Gasteiger partial charge in [-0.2, -0.15) is 0 Å². The first-order valence-corrected chi connectivity index (χ1v) is 4.88. The van der Waals surface area contributed by atoms with Crippen LogP contribution in [0, 0.1) is 12.3 Å². The molecule has 2 rings (SSSR count). The van der Waals surface area contributed by atoms with Crippen LogP contribution in [0.1, 0.15) is 12.5 Å². The van der Waals surface area contributed by atoms with Gasteiger partial charge in [0.05, 0.1) is 6.04 Å². The van der Waals surface area contributed by atoms with Crippen LogP contribution in [0.2, 0.25) is 0 Å². The van der Waals surface area contributed by atoms with Gasteiger partial charge in [0.1, 0.15) is 0 Å². The molecule has 1 aliphatic rings. The van der Waals surface area contributed by atoms with E-state index in [1.54, 1.807) is 0 Å². The Morgan fingerprint density at radius 1 is 1.53 bits per heavy atom. The van der Waals surface area contributed by atoms with Crippen molar-refractivity contribution in [2.75, 3.05) is 6.79 Å². The van der Waals surface area contributed by atoms with E-state index in [0.29, 0.717) is 13.3 Å². The zero-order chi connectivity index (χ0) is 10.7. The van der Waals surface area contributed by atoms with Crippen molar-refractivity contribution < 1.29 is 9.47 Å². The Labute approximate surface area is 89.4 Å². The minimum atomic E-state index is 0.0585. The van der Waals surface area contributed by atoms with Crippen molar-refractivity contribution >= 4 is 0 Å². The number of hydrogen-bond donors (Lipinski definition) is 1. The Bertz CT molecular complexity index is 395. The summed E-state index contributed by atoms with van der Waals surface area (Å²) >= 11 is 0. The van der Waals surface area contributed by atoms with Crippen molar-refractivity contribution in [2.24, 2.45) is 0 Å². The molecule has 1 unspecified atom stereocenters. The monoisotopic (exact) mass is 203 g/mol. The molecule has 0 spiro atoms. The first-order valence-electron chi connectivity index (χ1n) is 4.88. The molecule has 3 nitrogen and oxygen atoms in total. The lowest BCUT2D eigenvalue weighted by molar-refractivity contribution is 0.173. The highest BCUT2D eigenvalue weighted by Gasteiger charge is 2.16. The Balaban J connectivity index is 2.10. The summed E-state index contributed by atoms with van der Waals surface area (Å²) in [6.45, 7) is 2.94. The second-order valence-corrected chi connectivity index (χ2v) is 3.42. The number of fused-ring (bicyclic) bond motifs is 1. The van der Waals surface area contributed by atoms with Crippen molar-refractivity contribution in [1.82, 2.24) is 5.32 Å². The maximum atomic E-state index is 5.38. The van der Waals surface area contributed by atoms with Gasteiger partial charge in [-0.05, 0) is 13.0 Å². The zero-order valence-corrected chi connectivity index (χ0v) is 8.62. The molecule has 1 heterocycles. The highest BCUT2D eigenvalue weighted by molar-refractivity contribution is 5.48. The molecule has 3 heteroatoms. The number of rotatable bonds is 3. The van der Waals surface area contributed by atoms with E-state index in [1.807, 2.05) is 25.1 Å². The fourth-order valence-corrected chi connectivity index (χ4v) is 1.45. The second kappa shape index (κ2) is 4.24. The van der Waals surface area contributed by atoms with Crippen LogP contribution in [0.3, 0.4) is 0 Å². The second-order valence-electron chi connectivity index (χ2n) is 3.42. The predicted molar refractivity (Wildman–Crippen MR) is 57.7 cm³/mol. The van der Waals surface area contributed by atoms with Gasteiger partial charge in [0.2, 0.25) is 6.79 Å². The molecule has 0 saturated heterocycles. The fraction of sp³-hybridized carbons (Fsp3) is 0.333. The van der Waals surface area contributed by atoms with Crippen LogP contribution >= 0.6 is 0 Å². The summed E-state index contributed by atoms with van der Waals surface area (Å²) < 4.78 is 10.7. The average molecular weight is 203 g/mol. The Morgan fingerprint density at radius 3 is 3.20 bits per heavy atom. The molecular weight excluding hydrogens is 190 g/mol. The zero-order valence-electron chi connectivity index (χ0n) is 8.62. The number of para-hydroxylation sites is 1. The highest BCUT2D eigenvalue weighted by atomic mass is 16.7. The smallest absolute Gasteiger partial charge is 0.231 e. The number of ether oxygens (including phenoxy) is 2. The van der Waals surface area contributed by atoms with E-state index in [1.165, 1.54) is 0 Å². The van der Waals surface area contributed by atoms with Crippen molar-refractivity contribution in [3.63, 3.8) is 0 Å². The van der Waals surface area contributed by atoms with Crippen molar-refractivity contribution in [3.05, 3.63) is 23.8 Å². The van der Waals surface area contributed by atoms with Gasteiger partial charge < -0.3 is 9.47 Å². The van der Waals surface area contributed by atoms with Crippen LogP contribution < -0.4 is 14.8 Å². The van der Waals surface area contributed by atoms with Gasteiger partial charge in [-0.1, -0.05) is 18.1 Å². The fourth-order valence-electron chi connectivity index (χ4n) is 1.45. The van der Waals surface area contributed by atoms with Gasteiger partial charge in [-0.15, -0.1) is 6.42 Å². The molecule has 1 atom stereocenters. The lowest BCUT2D eigenvalue weighted by Gasteiger charge is -2.09. The SMILES string of the molecule is C#CC(C)NCc1cccc2c1OCO2. The van der Waals surface area contributed by atoms with E-state index in [0.717, 1.165) is 17.1 Å². The largest absolute Gasteiger partial charge is 0.454 e. The van der Waals surface area contributed by atoms with Gasteiger partial charge >= 0.3 is 0 Å². The highest BCUT2D eigenvalue weighted by Crippen LogP contribution is 2.35. The lowest BCUT2D eigenvalue weighted by Crippen LogP contribution is -2.23. The normalized spacial score (nSPS) is 14.7.